The third kappa shape index (κ3) is 4.21. The molecule has 7 nitrogen and oxygen atoms in total. The van der Waals surface area contributed by atoms with E-state index in [4.69, 9.17) is 26.6 Å². The minimum Gasteiger partial charge on any atom is -0.482 e. The fourth-order valence-electron chi connectivity index (χ4n) is 2.36. The second-order valence-electron chi connectivity index (χ2n) is 5.56. The number of primary sulfonamides is 1. The van der Waals surface area contributed by atoms with Crippen LogP contribution in [0.5, 0.6) is 5.75 Å². The highest BCUT2D eigenvalue weighted by molar-refractivity contribution is 7.89. The van der Waals surface area contributed by atoms with Crippen LogP contribution in [0.3, 0.4) is 0 Å². The molecular weight excluding hydrogens is 382 g/mol. The number of aliphatic carboxylic acids is 1. The molecule has 26 heavy (non-hydrogen) atoms. The first-order valence-corrected chi connectivity index (χ1v) is 9.26. The van der Waals surface area contributed by atoms with Crippen molar-refractivity contribution < 1.29 is 27.9 Å². The first-order chi connectivity index (χ1) is 12.0. The van der Waals surface area contributed by atoms with Gasteiger partial charge in [-0.1, -0.05) is 11.6 Å². The number of hydrogen-bond acceptors (Lipinski definition) is 5. The summed E-state index contributed by atoms with van der Waals surface area (Å²) in [6, 6.07) is 6.82. The minimum absolute atomic E-state index is 0.0747. The Morgan fingerprint density at radius 1 is 1.15 bits per heavy atom. The van der Waals surface area contributed by atoms with Crippen molar-refractivity contribution in [1.82, 2.24) is 0 Å². The van der Waals surface area contributed by atoms with Crippen molar-refractivity contribution in [1.29, 1.82) is 0 Å². The Kier molecular flexibility index (Phi) is 5.70. The maximum Gasteiger partial charge on any atom is 0.341 e. The number of sulfonamides is 1. The van der Waals surface area contributed by atoms with E-state index in [2.05, 4.69) is 0 Å². The lowest BCUT2D eigenvalue weighted by molar-refractivity contribution is -0.139. The number of rotatable bonds is 6. The smallest absolute Gasteiger partial charge is 0.341 e. The number of benzene rings is 2. The molecule has 0 heterocycles. The molecule has 0 aliphatic carbocycles. The number of halogens is 1. The van der Waals surface area contributed by atoms with Crippen molar-refractivity contribution in [3.05, 3.63) is 57.6 Å². The van der Waals surface area contributed by atoms with E-state index in [1.165, 1.54) is 24.3 Å². The molecule has 2 aromatic rings. The molecule has 0 aliphatic rings. The molecule has 0 amide bonds. The molecule has 3 N–H and O–H groups in total. The molecule has 0 aromatic heterocycles. The first-order valence-electron chi connectivity index (χ1n) is 7.34. The number of carbonyl (C=O) groups excluding carboxylic acids is 1. The van der Waals surface area contributed by atoms with Crippen LogP contribution in [0.15, 0.2) is 35.2 Å². The fraction of sp³-hybridized carbons (Fsp3) is 0.176. The lowest BCUT2D eigenvalue weighted by Crippen LogP contribution is -2.14. The van der Waals surface area contributed by atoms with Crippen LogP contribution in [0, 0.1) is 13.8 Å². The van der Waals surface area contributed by atoms with Gasteiger partial charge in [-0.3, -0.25) is 4.79 Å². The summed E-state index contributed by atoms with van der Waals surface area (Å²) in [6.07, 6.45) is 0. The van der Waals surface area contributed by atoms with Gasteiger partial charge in [0, 0.05) is 11.1 Å². The van der Waals surface area contributed by atoms with E-state index in [-0.39, 0.29) is 15.5 Å². The van der Waals surface area contributed by atoms with E-state index in [9.17, 15) is 18.0 Å². The van der Waals surface area contributed by atoms with Crippen LogP contribution in [0.4, 0.5) is 0 Å². The molecule has 0 bridgehead atoms. The van der Waals surface area contributed by atoms with Gasteiger partial charge in [0.25, 0.3) is 0 Å². The van der Waals surface area contributed by atoms with Crippen LogP contribution in [0.25, 0.3) is 0 Å². The zero-order valence-electron chi connectivity index (χ0n) is 13.9. The highest BCUT2D eigenvalue weighted by Crippen LogP contribution is 2.28. The molecule has 0 fully saturated rings. The molecule has 0 spiro atoms. The number of carbonyl (C=O) groups is 2. The van der Waals surface area contributed by atoms with Crippen molar-refractivity contribution in [2.75, 3.05) is 6.61 Å². The Hall–Kier alpha value is -2.42. The fourth-order valence-corrected chi connectivity index (χ4v) is 3.43. The van der Waals surface area contributed by atoms with E-state index >= 15 is 0 Å². The van der Waals surface area contributed by atoms with E-state index in [0.717, 1.165) is 6.07 Å². The van der Waals surface area contributed by atoms with Crippen LogP contribution in [-0.2, 0) is 14.8 Å². The van der Waals surface area contributed by atoms with Crippen LogP contribution >= 0.6 is 11.6 Å². The summed E-state index contributed by atoms with van der Waals surface area (Å²) in [7, 11) is -4.07. The third-order valence-corrected chi connectivity index (χ3v) is 5.23. The van der Waals surface area contributed by atoms with Crippen molar-refractivity contribution in [2.24, 2.45) is 5.14 Å². The zero-order chi connectivity index (χ0) is 19.6. The Labute approximate surface area is 155 Å². The average molecular weight is 398 g/mol. The number of hydrogen-bond donors (Lipinski definition) is 2. The van der Waals surface area contributed by atoms with Crippen LogP contribution < -0.4 is 9.88 Å². The second-order valence-corrected chi connectivity index (χ2v) is 7.50. The zero-order valence-corrected chi connectivity index (χ0v) is 15.5. The average Bonchev–Trinajstić information content (AvgIpc) is 2.55. The van der Waals surface area contributed by atoms with Gasteiger partial charge in [0.05, 0.1) is 5.02 Å². The van der Waals surface area contributed by atoms with Crippen LogP contribution in [0.2, 0.25) is 5.02 Å². The molecule has 2 rings (SSSR count). The molecule has 0 atom stereocenters. The van der Waals surface area contributed by atoms with E-state index in [1.807, 2.05) is 0 Å². The summed E-state index contributed by atoms with van der Waals surface area (Å²) >= 11 is 5.83. The SMILES string of the molecule is Cc1c(OCC(=O)O)ccc(C(=O)c2ccc(Cl)c(S(N)(=O)=O)c2)c1C. The number of carboxylic acid groups (broad SMARTS) is 1. The van der Waals surface area contributed by atoms with Crippen molar-refractivity contribution in [3.63, 3.8) is 0 Å². The molecule has 2 aromatic carbocycles. The topological polar surface area (TPSA) is 124 Å². The monoisotopic (exact) mass is 397 g/mol. The maximum atomic E-state index is 12.8. The minimum atomic E-state index is -4.07. The molecule has 0 radical (unpaired) electrons. The number of nitrogens with two attached hydrogens (primary N) is 1. The lowest BCUT2D eigenvalue weighted by Gasteiger charge is -2.13. The normalized spacial score (nSPS) is 11.2. The molecule has 9 heteroatoms. The molecule has 138 valence electrons. The molecule has 0 saturated heterocycles. The van der Waals surface area contributed by atoms with Gasteiger partial charge in [0.2, 0.25) is 10.0 Å². The summed E-state index contributed by atoms with van der Waals surface area (Å²) in [4.78, 5) is 23.1. The highest BCUT2D eigenvalue weighted by Gasteiger charge is 2.20. The quantitative estimate of drug-likeness (QED) is 0.720. The molecule has 0 saturated carbocycles. The summed E-state index contributed by atoms with van der Waals surface area (Å²) in [5, 5.41) is 13.7. The van der Waals surface area contributed by atoms with E-state index < -0.39 is 28.4 Å². The van der Waals surface area contributed by atoms with Crippen LogP contribution in [-0.4, -0.2) is 31.9 Å². The van der Waals surface area contributed by atoms with Gasteiger partial charge in [-0.2, -0.15) is 0 Å². The predicted octanol–water partition coefficient (Wildman–Crippen LogP) is 2.30. The molecular formula is C17H16ClNO6S. The lowest BCUT2D eigenvalue weighted by atomic mass is 9.95. The summed E-state index contributed by atoms with van der Waals surface area (Å²) < 4.78 is 28.3. The predicted molar refractivity (Wildman–Crippen MR) is 95.3 cm³/mol. The second kappa shape index (κ2) is 7.45. The van der Waals surface area contributed by atoms with Gasteiger partial charge in [-0.05, 0) is 55.3 Å². The number of ether oxygens (including phenoxy) is 1. The Balaban J connectivity index is 2.45. The largest absolute Gasteiger partial charge is 0.482 e. The third-order valence-electron chi connectivity index (χ3n) is 3.83. The van der Waals surface area contributed by atoms with Gasteiger partial charge in [-0.25, -0.2) is 18.4 Å². The van der Waals surface area contributed by atoms with Crippen molar-refractivity contribution in [3.8, 4) is 5.75 Å². The summed E-state index contributed by atoms with van der Waals surface area (Å²) in [6.45, 7) is 2.89. The molecule has 0 aliphatic heterocycles. The van der Waals surface area contributed by atoms with E-state index in [1.54, 1.807) is 13.8 Å². The Morgan fingerprint density at radius 2 is 1.81 bits per heavy atom. The highest BCUT2D eigenvalue weighted by atomic mass is 35.5. The van der Waals surface area contributed by atoms with Gasteiger partial charge in [-0.15, -0.1) is 0 Å². The van der Waals surface area contributed by atoms with Crippen molar-refractivity contribution in [2.45, 2.75) is 18.7 Å². The summed E-state index contributed by atoms with van der Waals surface area (Å²) in [5.74, 6) is -1.18. The van der Waals surface area contributed by atoms with Gasteiger partial charge in [0.15, 0.2) is 12.4 Å². The van der Waals surface area contributed by atoms with Crippen molar-refractivity contribution >= 4 is 33.4 Å². The van der Waals surface area contributed by atoms with Gasteiger partial charge in [0.1, 0.15) is 10.6 Å². The van der Waals surface area contributed by atoms with Gasteiger partial charge >= 0.3 is 5.97 Å². The maximum absolute atomic E-state index is 12.8. The Morgan fingerprint density at radius 3 is 2.38 bits per heavy atom. The standard InChI is InChI=1S/C17H16ClNO6S/c1-9-10(2)14(25-8-16(20)21)6-4-12(9)17(22)11-3-5-13(18)15(7-11)26(19,23)24/h3-7H,8H2,1-2H3,(H,20,21)(H2,19,23,24). The number of carboxylic acids is 1. The van der Waals surface area contributed by atoms with Gasteiger partial charge < -0.3 is 9.84 Å². The summed E-state index contributed by atoms with van der Waals surface area (Å²) in [5.41, 5.74) is 1.63. The molecule has 0 unspecified atom stereocenters. The van der Waals surface area contributed by atoms with Crippen LogP contribution in [0.1, 0.15) is 27.0 Å². The van der Waals surface area contributed by atoms with E-state index in [0.29, 0.717) is 22.4 Å². The number of ketones is 1. The Bertz CT molecular complexity index is 1000. The first kappa shape index (κ1) is 19.9.